The molecular weight excluding hydrogens is 478 g/mol. The highest BCUT2D eigenvalue weighted by molar-refractivity contribution is 5.98. The number of nitrogens with zero attached hydrogens (tertiary/aromatic N) is 3. The van der Waals surface area contributed by atoms with E-state index < -0.39 is 12.0 Å². The van der Waals surface area contributed by atoms with Gasteiger partial charge in [-0.15, -0.1) is 0 Å². The van der Waals surface area contributed by atoms with Gasteiger partial charge in [0.2, 0.25) is 11.8 Å². The molecule has 0 radical (unpaired) electrons. The summed E-state index contributed by atoms with van der Waals surface area (Å²) in [6.45, 7) is 3.46. The number of benzene rings is 1. The lowest BCUT2D eigenvalue weighted by atomic mass is 9.81. The number of carboxylic acid groups (broad SMARTS) is 1. The highest BCUT2D eigenvalue weighted by atomic mass is 16.5. The molecule has 1 aliphatic carbocycles. The number of ether oxygens (including phenoxy) is 1. The van der Waals surface area contributed by atoms with Crippen molar-refractivity contribution in [2.24, 2.45) is 17.6 Å². The summed E-state index contributed by atoms with van der Waals surface area (Å²) in [4.78, 5) is 55.7. The zero-order valence-electron chi connectivity index (χ0n) is 21.3. The topological polar surface area (TPSA) is 146 Å². The number of anilines is 1. The summed E-state index contributed by atoms with van der Waals surface area (Å²) in [5, 5.41) is 12.0. The van der Waals surface area contributed by atoms with Gasteiger partial charge in [0.25, 0.3) is 0 Å². The minimum absolute atomic E-state index is 0.00858. The molecule has 2 saturated heterocycles. The number of likely N-dealkylation sites (tertiary alicyclic amines) is 1. The molecular formula is C26H37N5O6. The Hall–Kier alpha value is -3.18. The van der Waals surface area contributed by atoms with E-state index in [1.165, 1.54) is 19.2 Å². The molecule has 3 amide bonds. The Labute approximate surface area is 216 Å². The van der Waals surface area contributed by atoms with E-state index in [-0.39, 0.29) is 35.4 Å². The van der Waals surface area contributed by atoms with Gasteiger partial charge in [0.15, 0.2) is 0 Å². The number of amides is 3. The van der Waals surface area contributed by atoms with Gasteiger partial charge in [0, 0.05) is 50.4 Å². The molecule has 4 N–H and O–H groups in total. The van der Waals surface area contributed by atoms with E-state index in [0.29, 0.717) is 57.3 Å². The predicted molar refractivity (Wildman–Crippen MR) is 136 cm³/mol. The molecule has 11 heteroatoms. The Bertz CT molecular complexity index is 986. The molecule has 2 aliphatic heterocycles. The van der Waals surface area contributed by atoms with Crippen molar-refractivity contribution >= 4 is 29.6 Å². The number of carbonyl (C=O) groups excluding carboxylic acids is 3. The number of hydrogen-bond donors (Lipinski definition) is 3. The Kier molecular flexibility index (Phi) is 8.65. The van der Waals surface area contributed by atoms with Crippen LogP contribution >= 0.6 is 0 Å². The zero-order valence-corrected chi connectivity index (χ0v) is 21.3. The fourth-order valence-corrected chi connectivity index (χ4v) is 5.77. The number of methoxy groups -OCH3 is 1. The lowest BCUT2D eigenvalue weighted by Crippen LogP contribution is -2.52. The van der Waals surface area contributed by atoms with Crippen molar-refractivity contribution < 1.29 is 29.0 Å². The molecule has 2 heterocycles. The maximum atomic E-state index is 13.7. The van der Waals surface area contributed by atoms with Crippen LogP contribution in [0.5, 0.6) is 0 Å². The molecule has 37 heavy (non-hydrogen) atoms. The van der Waals surface area contributed by atoms with E-state index in [0.717, 1.165) is 25.7 Å². The molecule has 0 spiro atoms. The van der Waals surface area contributed by atoms with E-state index in [9.17, 15) is 19.2 Å². The van der Waals surface area contributed by atoms with Crippen molar-refractivity contribution in [3.8, 4) is 0 Å². The normalized spacial score (nSPS) is 26.5. The van der Waals surface area contributed by atoms with Gasteiger partial charge in [0.1, 0.15) is 6.04 Å². The minimum Gasteiger partial charge on any atom is -0.478 e. The van der Waals surface area contributed by atoms with Gasteiger partial charge in [0.05, 0.1) is 12.7 Å². The van der Waals surface area contributed by atoms with Crippen molar-refractivity contribution in [1.82, 2.24) is 14.7 Å². The number of rotatable bonds is 6. The first kappa shape index (κ1) is 26.9. The van der Waals surface area contributed by atoms with Crippen molar-refractivity contribution in [3.63, 3.8) is 0 Å². The first-order valence-electron chi connectivity index (χ1n) is 13.0. The third-order valence-corrected chi connectivity index (χ3v) is 8.06. The van der Waals surface area contributed by atoms with Crippen molar-refractivity contribution in [2.45, 2.75) is 44.2 Å². The van der Waals surface area contributed by atoms with E-state index >= 15 is 0 Å². The fraction of sp³-hybridized carbons (Fsp3) is 0.615. The monoisotopic (exact) mass is 515 g/mol. The quantitative estimate of drug-likeness (QED) is 0.516. The number of aromatic carboxylic acids is 1. The summed E-state index contributed by atoms with van der Waals surface area (Å²) >= 11 is 0. The zero-order chi connectivity index (χ0) is 26.5. The molecule has 0 aromatic heterocycles. The molecule has 2 atom stereocenters. The first-order valence-corrected chi connectivity index (χ1v) is 13.0. The lowest BCUT2D eigenvalue weighted by molar-refractivity contribution is -0.141. The predicted octanol–water partition coefficient (Wildman–Crippen LogP) is 1.44. The van der Waals surface area contributed by atoms with E-state index in [2.05, 4.69) is 10.2 Å². The number of nitrogens with one attached hydrogen (secondary N) is 1. The van der Waals surface area contributed by atoms with Gasteiger partial charge in [-0.25, -0.2) is 9.59 Å². The van der Waals surface area contributed by atoms with Crippen LogP contribution in [0.2, 0.25) is 0 Å². The van der Waals surface area contributed by atoms with Crippen molar-refractivity contribution in [2.75, 3.05) is 51.7 Å². The van der Waals surface area contributed by atoms with Crippen LogP contribution in [0.15, 0.2) is 24.3 Å². The molecule has 1 aromatic carbocycles. The highest BCUT2D eigenvalue weighted by Gasteiger charge is 2.44. The number of carbonyl (C=O) groups is 4. The van der Waals surface area contributed by atoms with Gasteiger partial charge in [-0.3, -0.25) is 14.5 Å². The summed E-state index contributed by atoms with van der Waals surface area (Å²) in [6.07, 6.45) is 3.57. The van der Waals surface area contributed by atoms with Crippen LogP contribution in [0, 0.1) is 11.8 Å². The van der Waals surface area contributed by atoms with Crippen molar-refractivity contribution in [1.29, 1.82) is 0 Å². The number of piperazine rings is 1. The van der Waals surface area contributed by atoms with Gasteiger partial charge in [-0.1, -0.05) is 0 Å². The van der Waals surface area contributed by atoms with Crippen LogP contribution in [0.25, 0.3) is 0 Å². The molecule has 202 valence electrons. The third kappa shape index (κ3) is 6.22. The smallest absolute Gasteiger partial charge is 0.409 e. The largest absolute Gasteiger partial charge is 0.478 e. The molecule has 3 aliphatic rings. The maximum absolute atomic E-state index is 13.7. The fourth-order valence-electron chi connectivity index (χ4n) is 5.77. The Morgan fingerprint density at radius 3 is 2.24 bits per heavy atom. The van der Waals surface area contributed by atoms with Crippen molar-refractivity contribution in [3.05, 3.63) is 29.8 Å². The van der Waals surface area contributed by atoms with Gasteiger partial charge in [-0.2, -0.15) is 0 Å². The van der Waals surface area contributed by atoms with Crippen LogP contribution in [0.3, 0.4) is 0 Å². The third-order valence-electron chi connectivity index (χ3n) is 8.06. The SMILES string of the molecule is COC(=O)N1CCN([C@H]2CC(C(=O)Nc3ccc(C(=O)O)cc3)N(C(=O)C3CCC(CN)CC3)C2)CC1. The molecule has 3 fully saturated rings. The second kappa shape index (κ2) is 11.9. The average Bonchev–Trinajstić information content (AvgIpc) is 3.38. The summed E-state index contributed by atoms with van der Waals surface area (Å²) in [6, 6.07) is 5.38. The Morgan fingerprint density at radius 1 is 1.03 bits per heavy atom. The Morgan fingerprint density at radius 2 is 1.68 bits per heavy atom. The molecule has 1 unspecified atom stereocenters. The van der Waals surface area contributed by atoms with Crippen LogP contribution < -0.4 is 11.1 Å². The Balaban J connectivity index is 1.46. The van der Waals surface area contributed by atoms with E-state index in [1.807, 2.05) is 0 Å². The molecule has 0 bridgehead atoms. The summed E-state index contributed by atoms with van der Waals surface area (Å²) in [7, 11) is 1.37. The van der Waals surface area contributed by atoms with Crippen LogP contribution in [-0.4, -0.2) is 102 Å². The second-order valence-electron chi connectivity index (χ2n) is 10.2. The summed E-state index contributed by atoms with van der Waals surface area (Å²) in [5.74, 6) is -0.947. The minimum atomic E-state index is -1.04. The van der Waals surface area contributed by atoms with Gasteiger partial charge >= 0.3 is 12.1 Å². The van der Waals surface area contributed by atoms with Crippen LogP contribution in [-0.2, 0) is 14.3 Å². The number of carboxylic acids is 1. The summed E-state index contributed by atoms with van der Waals surface area (Å²) < 4.78 is 4.83. The van der Waals surface area contributed by atoms with Gasteiger partial charge < -0.3 is 30.7 Å². The molecule has 4 rings (SSSR count). The van der Waals surface area contributed by atoms with Crippen LogP contribution in [0.4, 0.5) is 10.5 Å². The highest BCUT2D eigenvalue weighted by Crippen LogP contribution is 2.33. The van der Waals surface area contributed by atoms with Gasteiger partial charge in [-0.05, 0) is 68.8 Å². The maximum Gasteiger partial charge on any atom is 0.409 e. The molecule has 1 saturated carbocycles. The number of hydrogen-bond acceptors (Lipinski definition) is 7. The molecule has 1 aromatic rings. The molecule has 11 nitrogen and oxygen atoms in total. The number of nitrogens with two attached hydrogens (primary N) is 1. The lowest BCUT2D eigenvalue weighted by Gasteiger charge is -2.37. The second-order valence-corrected chi connectivity index (χ2v) is 10.2. The van der Waals surface area contributed by atoms with E-state index in [1.54, 1.807) is 21.9 Å². The van der Waals surface area contributed by atoms with Crippen LogP contribution in [0.1, 0.15) is 42.5 Å². The summed E-state index contributed by atoms with van der Waals surface area (Å²) in [5.41, 5.74) is 6.45. The average molecular weight is 516 g/mol. The standard InChI is InChI=1S/C26H37N5O6/c1-37-26(36)30-12-10-29(11-13-30)21-14-22(23(32)28-20-8-6-19(7-9-20)25(34)35)31(16-21)24(33)18-4-2-17(15-27)3-5-18/h6-9,17-18,21-22H,2-5,10-16,27H2,1H3,(H,28,32)(H,34,35)/t17?,18?,21-,22?/m0/s1. The first-order chi connectivity index (χ1) is 17.8. The van der Waals surface area contributed by atoms with E-state index in [4.69, 9.17) is 15.6 Å².